The summed E-state index contributed by atoms with van der Waals surface area (Å²) >= 11 is 18.3. The van der Waals surface area contributed by atoms with E-state index in [1.54, 1.807) is 12.1 Å². The molecule has 0 amide bonds. The van der Waals surface area contributed by atoms with Crippen LogP contribution in [0, 0.1) is 0 Å². The molecule has 1 heterocycles. The topological polar surface area (TPSA) is 22.0 Å². The maximum atomic E-state index is 11.3. The van der Waals surface area contributed by atoms with Gasteiger partial charge in [-0.3, -0.25) is 4.79 Å². The molecule has 106 valence electrons. The van der Waals surface area contributed by atoms with E-state index in [1.807, 2.05) is 34.9 Å². The molecule has 0 aliphatic carbocycles. The van der Waals surface area contributed by atoms with Crippen LogP contribution in [-0.4, -0.2) is 10.9 Å². The van der Waals surface area contributed by atoms with E-state index >= 15 is 0 Å². The van der Waals surface area contributed by atoms with Crippen LogP contribution in [-0.2, 0) is 6.54 Å². The quantitative estimate of drug-likeness (QED) is 0.581. The minimum absolute atomic E-state index is 0.428. The molecule has 3 aromatic rings. The van der Waals surface area contributed by atoms with Crippen LogP contribution < -0.4 is 0 Å². The number of aromatic nitrogens is 1. The van der Waals surface area contributed by atoms with E-state index in [1.165, 1.54) is 0 Å². The zero-order valence-corrected chi connectivity index (χ0v) is 13.1. The highest BCUT2D eigenvalue weighted by molar-refractivity contribution is 6.42. The van der Waals surface area contributed by atoms with Crippen LogP contribution in [0.5, 0.6) is 0 Å². The Morgan fingerprint density at radius 3 is 2.48 bits per heavy atom. The predicted octanol–water partition coefficient (Wildman–Crippen LogP) is 5.46. The van der Waals surface area contributed by atoms with Gasteiger partial charge in [-0.25, -0.2) is 0 Å². The Morgan fingerprint density at radius 1 is 1.00 bits per heavy atom. The molecule has 0 fully saturated rings. The first kappa shape index (κ1) is 14.5. The lowest BCUT2D eigenvalue weighted by Gasteiger charge is -2.08. The number of halogens is 3. The van der Waals surface area contributed by atoms with E-state index in [2.05, 4.69) is 0 Å². The molecule has 5 heteroatoms. The Hall–Kier alpha value is -1.48. The van der Waals surface area contributed by atoms with Crippen molar-refractivity contribution in [1.82, 2.24) is 4.57 Å². The van der Waals surface area contributed by atoms with Gasteiger partial charge in [0.2, 0.25) is 0 Å². The number of hydrogen-bond donors (Lipinski definition) is 0. The molecule has 0 unspecified atom stereocenters. The predicted molar refractivity (Wildman–Crippen MR) is 87.9 cm³/mol. The second-order valence-corrected chi connectivity index (χ2v) is 5.85. The molecule has 1 aromatic heterocycles. The number of carbonyl (C=O) groups excluding carboxylic acids is 1. The van der Waals surface area contributed by atoms with Gasteiger partial charge in [0.25, 0.3) is 0 Å². The van der Waals surface area contributed by atoms with Gasteiger partial charge in [-0.15, -0.1) is 0 Å². The zero-order valence-electron chi connectivity index (χ0n) is 10.8. The molecule has 0 aliphatic rings. The average molecular weight is 339 g/mol. The third-order valence-electron chi connectivity index (χ3n) is 3.39. The number of fused-ring (bicyclic) bond motifs is 1. The summed E-state index contributed by atoms with van der Waals surface area (Å²) in [6.07, 6.45) is 0.788. The van der Waals surface area contributed by atoms with Gasteiger partial charge in [-0.05, 0) is 23.8 Å². The van der Waals surface area contributed by atoms with Crippen molar-refractivity contribution in [3.05, 3.63) is 68.8 Å². The van der Waals surface area contributed by atoms with E-state index < -0.39 is 0 Å². The normalized spacial score (nSPS) is 11.0. The molecule has 0 radical (unpaired) electrons. The molecule has 0 atom stereocenters. The van der Waals surface area contributed by atoms with Crippen LogP contribution in [0.25, 0.3) is 10.9 Å². The second-order valence-electron chi connectivity index (χ2n) is 4.67. The molecular formula is C16H10Cl3NO. The van der Waals surface area contributed by atoms with Gasteiger partial charge >= 0.3 is 0 Å². The maximum Gasteiger partial charge on any atom is 0.153 e. The van der Waals surface area contributed by atoms with Crippen molar-refractivity contribution in [2.24, 2.45) is 0 Å². The molecule has 0 aliphatic heterocycles. The summed E-state index contributed by atoms with van der Waals surface area (Å²) < 4.78 is 1.89. The number of hydrogen-bond acceptors (Lipinski definition) is 1. The van der Waals surface area contributed by atoms with Crippen molar-refractivity contribution >= 4 is 52.0 Å². The van der Waals surface area contributed by atoms with Crippen molar-refractivity contribution in [1.29, 1.82) is 0 Å². The standard InChI is InChI=1S/C16H10Cl3NO/c17-13-6-5-10(7-14(13)18)8-20-15-4-2-1-3-11(15)12(9-21)16(20)19/h1-7,9H,8H2. The summed E-state index contributed by atoms with van der Waals surface area (Å²) in [5.74, 6) is 0. The number of para-hydroxylation sites is 1. The van der Waals surface area contributed by atoms with Crippen LogP contribution in [0.1, 0.15) is 15.9 Å². The van der Waals surface area contributed by atoms with Gasteiger partial charge in [-0.2, -0.15) is 0 Å². The minimum Gasteiger partial charge on any atom is -0.327 e. The fourth-order valence-electron chi connectivity index (χ4n) is 2.39. The van der Waals surface area contributed by atoms with Crippen molar-refractivity contribution < 1.29 is 4.79 Å². The second kappa shape index (κ2) is 5.72. The van der Waals surface area contributed by atoms with Crippen molar-refractivity contribution in [2.45, 2.75) is 6.54 Å². The SMILES string of the molecule is O=Cc1c(Cl)n(Cc2ccc(Cl)c(Cl)c2)c2ccccc12. The Morgan fingerprint density at radius 2 is 1.76 bits per heavy atom. The molecule has 0 saturated carbocycles. The maximum absolute atomic E-state index is 11.3. The summed E-state index contributed by atoms with van der Waals surface area (Å²) in [6, 6.07) is 13.1. The summed E-state index contributed by atoms with van der Waals surface area (Å²) in [6.45, 7) is 0.518. The lowest BCUT2D eigenvalue weighted by atomic mass is 10.2. The van der Waals surface area contributed by atoms with Gasteiger partial charge in [0.05, 0.1) is 21.1 Å². The molecule has 2 nitrogen and oxygen atoms in total. The molecule has 0 N–H and O–H groups in total. The molecular weight excluding hydrogens is 329 g/mol. The lowest BCUT2D eigenvalue weighted by Crippen LogP contribution is -2.00. The molecule has 21 heavy (non-hydrogen) atoms. The highest BCUT2D eigenvalue weighted by Gasteiger charge is 2.15. The van der Waals surface area contributed by atoms with Crippen LogP contribution in [0.3, 0.4) is 0 Å². The van der Waals surface area contributed by atoms with Crippen LogP contribution in [0.4, 0.5) is 0 Å². The lowest BCUT2D eigenvalue weighted by molar-refractivity contribution is 0.112. The van der Waals surface area contributed by atoms with Crippen LogP contribution in [0.15, 0.2) is 42.5 Å². The highest BCUT2D eigenvalue weighted by Crippen LogP contribution is 2.30. The molecule has 2 aromatic carbocycles. The average Bonchev–Trinajstić information content (AvgIpc) is 2.75. The Bertz CT molecular complexity index is 839. The van der Waals surface area contributed by atoms with E-state index in [9.17, 15) is 4.79 Å². The molecule has 3 rings (SSSR count). The van der Waals surface area contributed by atoms with Crippen LogP contribution >= 0.6 is 34.8 Å². The fourth-order valence-corrected chi connectivity index (χ4v) is 3.00. The van der Waals surface area contributed by atoms with Gasteiger partial charge < -0.3 is 4.57 Å². The Balaban J connectivity index is 2.14. The fraction of sp³-hybridized carbons (Fsp3) is 0.0625. The Labute approximate surface area is 136 Å². The summed E-state index contributed by atoms with van der Waals surface area (Å²) in [5.41, 5.74) is 2.38. The molecule has 0 saturated heterocycles. The first-order valence-corrected chi connectivity index (χ1v) is 7.41. The van der Waals surface area contributed by atoms with Gasteiger partial charge in [0, 0.05) is 11.9 Å². The number of aldehydes is 1. The first-order chi connectivity index (χ1) is 10.1. The third-order valence-corrected chi connectivity index (χ3v) is 4.53. The minimum atomic E-state index is 0.428. The summed E-state index contributed by atoms with van der Waals surface area (Å²) in [4.78, 5) is 11.3. The number of nitrogens with zero attached hydrogens (tertiary/aromatic N) is 1. The van der Waals surface area contributed by atoms with E-state index in [0.717, 1.165) is 22.8 Å². The molecule has 0 spiro atoms. The monoisotopic (exact) mass is 337 g/mol. The summed E-state index contributed by atoms with van der Waals surface area (Å²) in [7, 11) is 0. The highest BCUT2D eigenvalue weighted by atomic mass is 35.5. The molecule has 0 bridgehead atoms. The smallest absolute Gasteiger partial charge is 0.153 e. The first-order valence-electron chi connectivity index (χ1n) is 6.27. The largest absolute Gasteiger partial charge is 0.327 e. The van der Waals surface area contributed by atoms with E-state index in [4.69, 9.17) is 34.8 Å². The number of rotatable bonds is 3. The zero-order chi connectivity index (χ0) is 15.0. The van der Waals surface area contributed by atoms with E-state index in [0.29, 0.717) is 27.3 Å². The van der Waals surface area contributed by atoms with Gasteiger partial charge in [-0.1, -0.05) is 59.1 Å². The van der Waals surface area contributed by atoms with Crippen molar-refractivity contribution in [3.8, 4) is 0 Å². The number of carbonyl (C=O) groups is 1. The third kappa shape index (κ3) is 2.55. The van der Waals surface area contributed by atoms with E-state index in [-0.39, 0.29) is 0 Å². The number of benzene rings is 2. The van der Waals surface area contributed by atoms with Crippen molar-refractivity contribution in [3.63, 3.8) is 0 Å². The van der Waals surface area contributed by atoms with Gasteiger partial charge in [0.15, 0.2) is 6.29 Å². The Kier molecular flexibility index (Phi) is 3.94. The van der Waals surface area contributed by atoms with Gasteiger partial charge in [0.1, 0.15) is 5.15 Å². The van der Waals surface area contributed by atoms with Crippen molar-refractivity contribution in [2.75, 3.05) is 0 Å². The summed E-state index contributed by atoms with van der Waals surface area (Å²) in [5, 5.41) is 2.28. The van der Waals surface area contributed by atoms with Crippen LogP contribution in [0.2, 0.25) is 15.2 Å².